The average Bonchev–Trinajstić information content (AvgIpc) is 1.50. The van der Waals surface area contributed by atoms with E-state index in [9.17, 15) is 0 Å². The molecule has 0 N–H and O–H groups in total. The van der Waals surface area contributed by atoms with Gasteiger partial charge in [0, 0.05) is 177 Å². The maximum atomic E-state index is 3.00. The maximum absolute atomic E-state index is 3.00. The van der Waals surface area contributed by atoms with Gasteiger partial charge in [-0.1, -0.05) is 0 Å². The molecule has 0 saturated carbocycles. The Balaban J connectivity index is -0.000000000833. The van der Waals surface area contributed by atoms with Crippen LogP contribution in [-0.2, 0) is 0 Å². The molecule has 0 aromatic rings. The Morgan fingerprint density at radius 3 is 0.300 bits per heavy atom. The summed E-state index contributed by atoms with van der Waals surface area (Å²) in [5.41, 5.74) is 0. The summed E-state index contributed by atoms with van der Waals surface area (Å²) >= 11 is 0. The van der Waals surface area contributed by atoms with E-state index in [-0.39, 0.29) is 177 Å². The summed E-state index contributed by atoms with van der Waals surface area (Å²) in [6.45, 7) is 12.0. The van der Waals surface area contributed by atoms with E-state index in [4.69, 9.17) is 0 Å². The SMILES string of the molecule is C=C.C=C.[Na].[Na].[Na].[Na].[Na].[Na]. The Labute approximate surface area is 198 Å². The molecule has 0 aromatic heterocycles. The van der Waals surface area contributed by atoms with Gasteiger partial charge in [0.05, 0.1) is 0 Å². The molecule has 6 heteroatoms. The van der Waals surface area contributed by atoms with Gasteiger partial charge in [-0.2, -0.15) is 0 Å². The monoisotopic (exact) mass is 194 g/mol. The van der Waals surface area contributed by atoms with Crippen LogP contribution in [0, 0.1) is 0 Å². The zero-order valence-corrected chi connectivity index (χ0v) is 20.8. The Hall–Kier alpha value is 5.48. The second kappa shape index (κ2) is 87.6. The van der Waals surface area contributed by atoms with E-state index < -0.39 is 0 Å². The number of hydrogen-bond donors (Lipinski definition) is 0. The summed E-state index contributed by atoms with van der Waals surface area (Å²) < 4.78 is 0. The molecule has 0 nitrogen and oxygen atoms in total. The fraction of sp³-hybridized carbons (Fsp3) is 0. The van der Waals surface area contributed by atoms with Gasteiger partial charge in [-0.25, -0.2) is 0 Å². The molecular formula is C4H8Na6. The maximum Gasteiger partial charge on any atom is 0 e. The second-order valence-electron chi connectivity index (χ2n) is 0. The molecule has 0 bridgehead atoms. The van der Waals surface area contributed by atoms with Gasteiger partial charge in [-0.3, -0.25) is 0 Å². The Bertz CT molecular complexity index is 11.7. The molecule has 0 aliphatic carbocycles. The number of hydrogen-bond acceptors (Lipinski definition) is 0. The van der Waals surface area contributed by atoms with Crippen LogP contribution in [-0.4, -0.2) is 177 Å². The van der Waals surface area contributed by atoms with Gasteiger partial charge in [0.1, 0.15) is 0 Å². The standard InChI is InChI=1S/2C2H4.6Na/c2*1-2;;;;;;/h2*1-2H2;;;;;;. The van der Waals surface area contributed by atoms with Crippen LogP contribution in [0.25, 0.3) is 0 Å². The zero-order valence-electron chi connectivity index (χ0n) is 8.83. The predicted molar refractivity (Wildman–Crippen MR) is 57.0 cm³/mol. The largest absolute Gasteiger partial charge is 0.106 e. The molecule has 10 heavy (non-hydrogen) atoms. The summed E-state index contributed by atoms with van der Waals surface area (Å²) in [6, 6.07) is 0. The molecule has 0 aliphatic rings. The first-order valence-corrected chi connectivity index (χ1v) is 1.000. The Kier molecular flexibility index (Phi) is 508. The summed E-state index contributed by atoms with van der Waals surface area (Å²) in [6.07, 6.45) is 0. The van der Waals surface area contributed by atoms with Crippen molar-refractivity contribution in [2.45, 2.75) is 0 Å². The van der Waals surface area contributed by atoms with Crippen LogP contribution in [0.15, 0.2) is 26.3 Å². The van der Waals surface area contributed by atoms with Gasteiger partial charge >= 0.3 is 0 Å². The molecule has 0 spiro atoms. The van der Waals surface area contributed by atoms with Crippen molar-refractivity contribution in [1.82, 2.24) is 0 Å². The van der Waals surface area contributed by atoms with Gasteiger partial charge in [0.2, 0.25) is 0 Å². The summed E-state index contributed by atoms with van der Waals surface area (Å²) in [5, 5.41) is 0. The van der Waals surface area contributed by atoms with E-state index in [0.717, 1.165) is 0 Å². The van der Waals surface area contributed by atoms with E-state index in [0.29, 0.717) is 0 Å². The molecule has 0 aliphatic heterocycles. The van der Waals surface area contributed by atoms with Crippen LogP contribution in [0.1, 0.15) is 0 Å². The minimum Gasteiger partial charge on any atom is -0.106 e. The normalized spacial score (nSPS) is 0.800. The molecule has 0 amide bonds. The van der Waals surface area contributed by atoms with Crippen LogP contribution in [0.3, 0.4) is 0 Å². The Morgan fingerprint density at radius 2 is 0.300 bits per heavy atom. The second-order valence-corrected chi connectivity index (χ2v) is 0. The summed E-state index contributed by atoms with van der Waals surface area (Å²) in [5.74, 6) is 0. The summed E-state index contributed by atoms with van der Waals surface area (Å²) in [7, 11) is 0. The minimum atomic E-state index is 0. The van der Waals surface area contributed by atoms with Crippen molar-refractivity contribution in [3.63, 3.8) is 0 Å². The first-order chi connectivity index (χ1) is 2.00. The third-order valence-corrected chi connectivity index (χ3v) is 0. The van der Waals surface area contributed by atoms with Gasteiger partial charge in [-0.15, -0.1) is 26.3 Å². The van der Waals surface area contributed by atoms with Gasteiger partial charge in [0.25, 0.3) is 0 Å². The molecule has 0 atom stereocenters. The van der Waals surface area contributed by atoms with Crippen molar-refractivity contribution in [1.29, 1.82) is 0 Å². The van der Waals surface area contributed by atoms with Crippen LogP contribution in [0.5, 0.6) is 0 Å². The third-order valence-electron chi connectivity index (χ3n) is 0. The molecule has 0 aromatic carbocycles. The zero-order chi connectivity index (χ0) is 4.00. The summed E-state index contributed by atoms with van der Waals surface area (Å²) in [4.78, 5) is 0. The van der Waals surface area contributed by atoms with Crippen molar-refractivity contribution >= 4 is 177 Å². The van der Waals surface area contributed by atoms with E-state index in [1.54, 1.807) is 0 Å². The Morgan fingerprint density at radius 1 is 0.300 bits per heavy atom. The van der Waals surface area contributed by atoms with Gasteiger partial charge < -0.3 is 0 Å². The topological polar surface area (TPSA) is 0 Å². The molecule has 0 heterocycles. The van der Waals surface area contributed by atoms with Crippen LogP contribution in [0.2, 0.25) is 0 Å². The molecule has 0 unspecified atom stereocenters. The minimum absolute atomic E-state index is 0. The molecule has 0 fully saturated rings. The first kappa shape index (κ1) is 58.0. The molecule has 30 valence electrons. The van der Waals surface area contributed by atoms with Gasteiger partial charge in [-0.05, 0) is 0 Å². The van der Waals surface area contributed by atoms with E-state index in [1.807, 2.05) is 0 Å². The smallest absolute Gasteiger partial charge is 0 e. The third kappa shape index (κ3) is 69.9. The molecule has 0 rings (SSSR count). The van der Waals surface area contributed by atoms with E-state index in [2.05, 4.69) is 26.3 Å². The fourth-order valence-corrected chi connectivity index (χ4v) is 0. The van der Waals surface area contributed by atoms with E-state index in [1.165, 1.54) is 0 Å². The molecular weight excluding hydrogens is 186 g/mol. The van der Waals surface area contributed by atoms with Crippen molar-refractivity contribution in [2.24, 2.45) is 0 Å². The van der Waals surface area contributed by atoms with Crippen LogP contribution < -0.4 is 0 Å². The predicted octanol–water partition coefficient (Wildman–Crippen LogP) is -0.680. The average molecular weight is 194 g/mol. The van der Waals surface area contributed by atoms with Crippen molar-refractivity contribution in [2.75, 3.05) is 0 Å². The van der Waals surface area contributed by atoms with Gasteiger partial charge in [0.15, 0.2) is 0 Å². The van der Waals surface area contributed by atoms with Crippen molar-refractivity contribution in [3.05, 3.63) is 26.3 Å². The van der Waals surface area contributed by atoms with Crippen LogP contribution >= 0.6 is 0 Å². The molecule has 0 saturated heterocycles. The van der Waals surface area contributed by atoms with Crippen LogP contribution in [0.4, 0.5) is 0 Å². The number of rotatable bonds is 0. The fourth-order valence-electron chi connectivity index (χ4n) is 0. The quantitative estimate of drug-likeness (QED) is 0.354. The first-order valence-electron chi connectivity index (χ1n) is 1.000. The van der Waals surface area contributed by atoms with Crippen molar-refractivity contribution in [3.8, 4) is 0 Å². The molecule has 6 radical (unpaired) electrons. The van der Waals surface area contributed by atoms with Crippen molar-refractivity contribution < 1.29 is 0 Å². The van der Waals surface area contributed by atoms with E-state index >= 15 is 0 Å².